The lowest BCUT2D eigenvalue weighted by molar-refractivity contribution is -0.121. The topological polar surface area (TPSA) is 69.3 Å². The molecular formula is C20H23N3O3. The van der Waals surface area contributed by atoms with Crippen molar-refractivity contribution in [1.29, 1.82) is 0 Å². The van der Waals surface area contributed by atoms with Crippen LogP contribution in [0.4, 0.5) is 0 Å². The summed E-state index contributed by atoms with van der Waals surface area (Å²) in [7, 11) is 2.00. The molecule has 6 nitrogen and oxygen atoms in total. The SMILES string of the molecule is Cc1cc(C[C@@H]2COC[C@@H]2NC(=O)Cc2cn(C)c3ccccc23)on1. The van der Waals surface area contributed by atoms with E-state index in [1.165, 1.54) is 0 Å². The molecule has 0 saturated carbocycles. The molecule has 1 saturated heterocycles. The van der Waals surface area contributed by atoms with Gasteiger partial charge >= 0.3 is 0 Å². The van der Waals surface area contributed by atoms with E-state index in [-0.39, 0.29) is 17.9 Å². The Morgan fingerprint density at radius 2 is 2.19 bits per heavy atom. The van der Waals surface area contributed by atoms with E-state index in [0.717, 1.165) is 34.3 Å². The molecular weight excluding hydrogens is 330 g/mol. The highest BCUT2D eigenvalue weighted by molar-refractivity contribution is 5.89. The number of amides is 1. The number of para-hydroxylation sites is 1. The third-order valence-electron chi connectivity index (χ3n) is 5.02. The van der Waals surface area contributed by atoms with E-state index in [0.29, 0.717) is 19.6 Å². The lowest BCUT2D eigenvalue weighted by Gasteiger charge is -2.18. The predicted molar refractivity (Wildman–Crippen MR) is 97.8 cm³/mol. The molecule has 0 radical (unpaired) electrons. The molecule has 1 amide bonds. The van der Waals surface area contributed by atoms with Gasteiger partial charge in [0.15, 0.2) is 0 Å². The van der Waals surface area contributed by atoms with Crippen molar-refractivity contribution in [3.63, 3.8) is 0 Å². The van der Waals surface area contributed by atoms with Gasteiger partial charge in [-0.3, -0.25) is 4.79 Å². The molecule has 6 heteroatoms. The third-order valence-corrected chi connectivity index (χ3v) is 5.02. The van der Waals surface area contributed by atoms with Crippen LogP contribution in [-0.4, -0.2) is 34.9 Å². The highest BCUT2D eigenvalue weighted by atomic mass is 16.5. The summed E-state index contributed by atoms with van der Waals surface area (Å²) in [5.74, 6) is 1.07. The van der Waals surface area contributed by atoms with Crippen molar-refractivity contribution in [3.05, 3.63) is 53.5 Å². The number of carbonyl (C=O) groups is 1. The van der Waals surface area contributed by atoms with Crippen LogP contribution in [0.25, 0.3) is 10.9 Å². The largest absolute Gasteiger partial charge is 0.379 e. The summed E-state index contributed by atoms with van der Waals surface area (Å²) in [6, 6.07) is 10.1. The number of hydrogen-bond donors (Lipinski definition) is 1. The van der Waals surface area contributed by atoms with Gasteiger partial charge in [0.05, 0.1) is 31.4 Å². The van der Waals surface area contributed by atoms with E-state index >= 15 is 0 Å². The van der Waals surface area contributed by atoms with Gasteiger partial charge in [-0.25, -0.2) is 0 Å². The summed E-state index contributed by atoms with van der Waals surface area (Å²) in [5, 5.41) is 8.20. The van der Waals surface area contributed by atoms with Gasteiger partial charge in [-0.1, -0.05) is 23.4 Å². The fraction of sp³-hybridized carbons (Fsp3) is 0.400. The Bertz CT molecular complexity index is 927. The molecule has 136 valence electrons. The molecule has 4 rings (SSSR count). The molecule has 26 heavy (non-hydrogen) atoms. The average Bonchev–Trinajstić information content (AvgIpc) is 3.30. The van der Waals surface area contributed by atoms with Crippen molar-refractivity contribution in [2.75, 3.05) is 13.2 Å². The van der Waals surface area contributed by atoms with Crippen molar-refractivity contribution < 1.29 is 14.1 Å². The maximum atomic E-state index is 12.6. The van der Waals surface area contributed by atoms with Crippen molar-refractivity contribution in [2.45, 2.75) is 25.8 Å². The quantitative estimate of drug-likeness (QED) is 0.765. The zero-order valence-electron chi connectivity index (χ0n) is 15.1. The highest BCUT2D eigenvalue weighted by Crippen LogP contribution is 2.22. The maximum Gasteiger partial charge on any atom is 0.224 e. The van der Waals surface area contributed by atoms with Crippen molar-refractivity contribution >= 4 is 16.8 Å². The predicted octanol–water partition coefficient (Wildman–Crippen LogP) is 2.39. The summed E-state index contributed by atoms with van der Waals surface area (Å²) in [4.78, 5) is 12.6. The molecule has 0 aliphatic carbocycles. The minimum atomic E-state index is 0.00267. The number of rotatable bonds is 5. The van der Waals surface area contributed by atoms with E-state index in [9.17, 15) is 4.79 Å². The number of hydrogen-bond acceptors (Lipinski definition) is 4. The summed E-state index contributed by atoms with van der Waals surface area (Å²) >= 11 is 0. The molecule has 0 bridgehead atoms. The summed E-state index contributed by atoms with van der Waals surface area (Å²) < 4.78 is 13.0. The van der Waals surface area contributed by atoms with E-state index in [2.05, 4.69) is 27.2 Å². The summed E-state index contributed by atoms with van der Waals surface area (Å²) in [6.45, 7) is 3.07. The zero-order chi connectivity index (χ0) is 18.1. The minimum absolute atomic E-state index is 0.00267. The number of aryl methyl sites for hydroxylation is 2. The zero-order valence-corrected chi connectivity index (χ0v) is 15.1. The third kappa shape index (κ3) is 3.37. The van der Waals surface area contributed by atoms with Crippen molar-refractivity contribution in [1.82, 2.24) is 15.0 Å². The van der Waals surface area contributed by atoms with Crippen LogP contribution >= 0.6 is 0 Å². The Balaban J connectivity index is 1.42. The smallest absolute Gasteiger partial charge is 0.224 e. The number of nitrogens with one attached hydrogen (secondary N) is 1. The van der Waals surface area contributed by atoms with Crippen molar-refractivity contribution in [3.8, 4) is 0 Å². The van der Waals surface area contributed by atoms with Crippen molar-refractivity contribution in [2.24, 2.45) is 13.0 Å². The fourth-order valence-corrected chi connectivity index (χ4v) is 3.73. The van der Waals surface area contributed by atoms with Crippen LogP contribution in [0.15, 0.2) is 41.1 Å². The molecule has 0 spiro atoms. The summed E-state index contributed by atoms with van der Waals surface area (Å²) in [6.07, 6.45) is 3.12. The fourth-order valence-electron chi connectivity index (χ4n) is 3.73. The first kappa shape index (κ1) is 16.8. The van der Waals surface area contributed by atoms with E-state index in [1.807, 2.05) is 38.4 Å². The molecule has 1 aromatic carbocycles. The minimum Gasteiger partial charge on any atom is -0.379 e. The molecule has 1 aliphatic rings. The number of benzene rings is 1. The molecule has 0 unspecified atom stereocenters. The van der Waals surface area contributed by atoms with Crippen LogP contribution < -0.4 is 5.32 Å². The number of ether oxygens (including phenoxy) is 1. The van der Waals surface area contributed by atoms with Gasteiger partial charge in [-0.2, -0.15) is 0 Å². The van der Waals surface area contributed by atoms with Gasteiger partial charge in [0.1, 0.15) is 5.76 Å². The van der Waals surface area contributed by atoms with Crippen LogP contribution in [0, 0.1) is 12.8 Å². The normalized spacial score (nSPS) is 19.9. The summed E-state index contributed by atoms with van der Waals surface area (Å²) in [5.41, 5.74) is 3.05. The van der Waals surface area contributed by atoms with Gasteiger partial charge in [0, 0.05) is 42.6 Å². The average molecular weight is 353 g/mol. The number of carbonyl (C=O) groups excluding carboxylic acids is 1. The monoisotopic (exact) mass is 353 g/mol. The second-order valence-corrected chi connectivity index (χ2v) is 7.07. The molecule has 2 aromatic heterocycles. The van der Waals surface area contributed by atoms with Crippen LogP contribution in [0.1, 0.15) is 17.0 Å². The molecule has 3 heterocycles. The Morgan fingerprint density at radius 1 is 1.35 bits per heavy atom. The number of nitrogens with zero attached hydrogens (tertiary/aromatic N) is 2. The van der Waals surface area contributed by atoms with Crippen LogP contribution in [0.2, 0.25) is 0 Å². The van der Waals surface area contributed by atoms with Gasteiger partial charge in [0.2, 0.25) is 5.91 Å². The second-order valence-electron chi connectivity index (χ2n) is 7.07. The number of fused-ring (bicyclic) bond motifs is 1. The Morgan fingerprint density at radius 3 is 3.00 bits per heavy atom. The number of aromatic nitrogens is 2. The Hall–Kier alpha value is -2.60. The Kier molecular flexibility index (Phi) is 4.51. The van der Waals surface area contributed by atoms with Gasteiger partial charge in [-0.15, -0.1) is 0 Å². The Labute approximate surface area is 152 Å². The van der Waals surface area contributed by atoms with Crippen LogP contribution in [0.5, 0.6) is 0 Å². The highest BCUT2D eigenvalue weighted by Gasteiger charge is 2.30. The van der Waals surface area contributed by atoms with E-state index in [4.69, 9.17) is 9.26 Å². The molecule has 1 N–H and O–H groups in total. The first-order valence-corrected chi connectivity index (χ1v) is 8.92. The molecule has 2 atom stereocenters. The lowest BCUT2D eigenvalue weighted by atomic mass is 9.98. The van der Waals surface area contributed by atoms with Crippen LogP contribution in [0.3, 0.4) is 0 Å². The molecule has 1 fully saturated rings. The van der Waals surface area contributed by atoms with Gasteiger partial charge < -0.3 is 19.1 Å². The van der Waals surface area contributed by atoms with E-state index < -0.39 is 0 Å². The first-order valence-electron chi connectivity index (χ1n) is 8.92. The standard InChI is InChI=1S/C20H23N3O3/c1-13-7-16(26-22-13)8-15-11-25-12-18(15)21-20(24)9-14-10-23(2)19-6-4-3-5-17(14)19/h3-7,10,15,18H,8-9,11-12H2,1-2H3,(H,21,24)/t15-,18+/m1/s1. The molecule has 3 aromatic rings. The second kappa shape index (κ2) is 6.96. The van der Waals surface area contributed by atoms with Crippen LogP contribution in [-0.2, 0) is 29.4 Å². The maximum absolute atomic E-state index is 12.6. The van der Waals surface area contributed by atoms with E-state index in [1.54, 1.807) is 0 Å². The first-order chi connectivity index (χ1) is 12.6. The van der Waals surface area contributed by atoms with Gasteiger partial charge in [0.25, 0.3) is 0 Å². The van der Waals surface area contributed by atoms with Gasteiger partial charge in [-0.05, 0) is 18.6 Å². The lowest BCUT2D eigenvalue weighted by Crippen LogP contribution is -2.41. The molecule has 1 aliphatic heterocycles.